The van der Waals surface area contributed by atoms with Gasteiger partial charge in [0.1, 0.15) is 0 Å². The van der Waals surface area contributed by atoms with Gasteiger partial charge < -0.3 is 11.1 Å². The van der Waals surface area contributed by atoms with Gasteiger partial charge in [0.25, 0.3) is 0 Å². The maximum Gasteiger partial charge on any atom is 0.238 e. The van der Waals surface area contributed by atoms with E-state index in [1.54, 1.807) is 0 Å². The van der Waals surface area contributed by atoms with Crippen LogP contribution in [-0.4, -0.2) is 31.4 Å². The second-order valence-electron chi connectivity index (χ2n) is 6.53. The Morgan fingerprint density at radius 2 is 1.72 bits per heavy atom. The fraction of sp³-hybridized carbons (Fsp3) is 0.632. The number of hydrogen-bond acceptors (Lipinski definition) is 4. The van der Waals surface area contributed by atoms with E-state index in [0.717, 1.165) is 24.8 Å². The number of carbonyl (C=O) groups is 1. The van der Waals surface area contributed by atoms with E-state index in [1.807, 2.05) is 38.1 Å². The molecule has 0 unspecified atom stereocenters. The predicted octanol–water partition coefficient (Wildman–Crippen LogP) is 2.58. The van der Waals surface area contributed by atoms with Crippen molar-refractivity contribution in [2.75, 3.05) is 5.75 Å². The molecule has 1 atom stereocenters. The van der Waals surface area contributed by atoms with Gasteiger partial charge in [0.2, 0.25) is 5.91 Å². The maximum atomic E-state index is 12.5. The Labute approximate surface area is 152 Å². The van der Waals surface area contributed by atoms with E-state index in [9.17, 15) is 13.2 Å². The third-order valence-corrected chi connectivity index (χ3v) is 6.66. The maximum absolute atomic E-state index is 12.5. The highest BCUT2D eigenvalue weighted by molar-refractivity contribution is 7.92. The molecule has 0 fully saturated rings. The first kappa shape index (κ1) is 21.6. The minimum atomic E-state index is -3.37. The van der Waals surface area contributed by atoms with E-state index in [4.69, 9.17) is 5.73 Å². The molecule has 0 aliphatic carbocycles. The van der Waals surface area contributed by atoms with Gasteiger partial charge in [-0.1, -0.05) is 57.9 Å². The number of nitrogens with two attached hydrogens (primary N) is 1. The van der Waals surface area contributed by atoms with Crippen LogP contribution in [-0.2, 0) is 27.6 Å². The zero-order valence-electron chi connectivity index (χ0n) is 15.6. The minimum Gasteiger partial charge on any atom is -0.351 e. The molecule has 0 radical (unpaired) electrons. The Balaban J connectivity index is 2.62. The number of amides is 1. The Morgan fingerprint density at radius 1 is 1.12 bits per heavy atom. The van der Waals surface area contributed by atoms with Crippen molar-refractivity contribution in [3.8, 4) is 0 Å². The van der Waals surface area contributed by atoms with E-state index in [0.29, 0.717) is 19.4 Å². The van der Waals surface area contributed by atoms with Crippen LogP contribution in [0.15, 0.2) is 24.3 Å². The van der Waals surface area contributed by atoms with Gasteiger partial charge in [0.15, 0.2) is 9.84 Å². The second kappa shape index (κ2) is 10.6. The van der Waals surface area contributed by atoms with Gasteiger partial charge in [0, 0.05) is 6.54 Å². The number of carbonyl (C=O) groups excluding carboxylic acids is 1. The number of aryl methyl sites for hydroxylation is 1. The van der Waals surface area contributed by atoms with Crippen molar-refractivity contribution in [2.24, 2.45) is 5.73 Å². The quantitative estimate of drug-likeness (QED) is 0.628. The highest BCUT2D eigenvalue weighted by Crippen LogP contribution is 2.16. The first-order chi connectivity index (χ1) is 11.8. The summed E-state index contributed by atoms with van der Waals surface area (Å²) in [5.41, 5.74) is 8.04. The SMILES string of the molecule is CCCC(CCC)S(=O)(=O)C[C@H](N)C(=O)NCc1cccc(CC)c1. The fourth-order valence-corrected chi connectivity index (χ4v) is 5.00. The molecule has 1 rings (SSSR count). The Hall–Kier alpha value is -1.40. The van der Waals surface area contributed by atoms with Crippen LogP contribution < -0.4 is 11.1 Å². The molecule has 0 bridgehead atoms. The van der Waals surface area contributed by atoms with Crippen LogP contribution in [0.3, 0.4) is 0 Å². The monoisotopic (exact) mass is 368 g/mol. The van der Waals surface area contributed by atoms with Crippen LogP contribution in [0.4, 0.5) is 0 Å². The predicted molar refractivity (Wildman–Crippen MR) is 103 cm³/mol. The molecule has 3 N–H and O–H groups in total. The molecule has 1 amide bonds. The van der Waals surface area contributed by atoms with Crippen LogP contribution in [0.5, 0.6) is 0 Å². The van der Waals surface area contributed by atoms with Crippen molar-refractivity contribution in [1.29, 1.82) is 0 Å². The van der Waals surface area contributed by atoms with Gasteiger partial charge in [-0.05, 0) is 30.4 Å². The lowest BCUT2D eigenvalue weighted by atomic mass is 10.1. The Morgan fingerprint density at radius 3 is 2.28 bits per heavy atom. The van der Waals surface area contributed by atoms with Crippen LogP contribution >= 0.6 is 0 Å². The molecule has 0 aromatic heterocycles. The molecule has 6 heteroatoms. The summed E-state index contributed by atoms with van der Waals surface area (Å²) in [5.74, 6) is -0.712. The van der Waals surface area contributed by atoms with E-state index in [-0.39, 0.29) is 5.75 Å². The summed E-state index contributed by atoms with van der Waals surface area (Å²) in [6, 6.07) is 6.91. The van der Waals surface area contributed by atoms with Crippen LogP contribution in [0.1, 0.15) is 57.6 Å². The van der Waals surface area contributed by atoms with Crippen molar-refractivity contribution in [3.63, 3.8) is 0 Å². The van der Waals surface area contributed by atoms with E-state index < -0.39 is 27.0 Å². The Kier molecular flexibility index (Phi) is 9.14. The lowest BCUT2D eigenvalue weighted by molar-refractivity contribution is -0.122. The van der Waals surface area contributed by atoms with Crippen LogP contribution in [0.2, 0.25) is 0 Å². The molecule has 0 spiro atoms. The third kappa shape index (κ3) is 7.16. The van der Waals surface area contributed by atoms with Gasteiger partial charge in [-0.2, -0.15) is 0 Å². The topological polar surface area (TPSA) is 89.3 Å². The minimum absolute atomic E-state index is 0.293. The number of nitrogens with one attached hydrogen (secondary N) is 1. The third-order valence-electron chi connectivity index (χ3n) is 4.34. The number of sulfone groups is 1. The molecular formula is C19H32N2O3S. The molecule has 0 saturated carbocycles. The molecular weight excluding hydrogens is 336 g/mol. The largest absolute Gasteiger partial charge is 0.351 e. The molecule has 25 heavy (non-hydrogen) atoms. The van der Waals surface area contributed by atoms with Gasteiger partial charge in [0.05, 0.1) is 17.0 Å². The first-order valence-corrected chi connectivity index (χ1v) is 10.9. The Bertz CT molecular complexity index is 638. The summed E-state index contributed by atoms with van der Waals surface area (Å²) >= 11 is 0. The van der Waals surface area contributed by atoms with Crippen molar-refractivity contribution >= 4 is 15.7 Å². The zero-order valence-corrected chi connectivity index (χ0v) is 16.4. The van der Waals surface area contributed by atoms with E-state index in [1.165, 1.54) is 5.56 Å². The van der Waals surface area contributed by atoms with Gasteiger partial charge in [-0.3, -0.25) is 4.79 Å². The molecule has 142 valence electrons. The van der Waals surface area contributed by atoms with E-state index >= 15 is 0 Å². The molecule has 1 aromatic rings. The average molecular weight is 369 g/mol. The van der Waals surface area contributed by atoms with Gasteiger partial charge in [-0.15, -0.1) is 0 Å². The molecule has 5 nitrogen and oxygen atoms in total. The number of rotatable bonds is 11. The summed E-state index contributed by atoms with van der Waals surface area (Å²) < 4.78 is 25.0. The summed E-state index contributed by atoms with van der Waals surface area (Å²) in [6.45, 7) is 6.36. The summed E-state index contributed by atoms with van der Waals surface area (Å²) in [7, 11) is -3.37. The fourth-order valence-electron chi connectivity index (χ4n) is 2.89. The van der Waals surface area contributed by atoms with Gasteiger partial charge >= 0.3 is 0 Å². The summed E-state index contributed by atoms with van der Waals surface area (Å²) in [6.07, 6.45) is 3.77. The molecule has 0 saturated heterocycles. The molecule has 1 aromatic carbocycles. The van der Waals surface area contributed by atoms with Crippen molar-refractivity contribution in [2.45, 2.75) is 70.7 Å². The van der Waals surface area contributed by atoms with Crippen molar-refractivity contribution in [3.05, 3.63) is 35.4 Å². The van der Waals surface area contributed by atoms with Crippen molar-refractivity contribution in [1.82, 2.24) is 5.32 Å². The summed E-state index contributed by atoms with van der Waals surface area (Å²) in [4.78, 5) is 12.2. The molecule has 0 heterocycles. The number of benzene rings is 1. The highest BCUT2D eigenvalue weighted by atomic mass is 32.2. The van der Waals surface area contributed by atoms with Crippen LogP contribution in [0.25, 0.3) is 0 Å². The zero-order chi connectivity index (χ0) is 18.9. The lowest BCUT2D eigenvalue weighted by Gasteiger charge is -2.19. The first-order valence-electron chi connectivity index (χ1n) is 9.16. The highest BCUT2D eigenvalue weighted by Gasteiger charge is 2.28. The van der Waals surface area contributed by atoms with Crippen molar-refractivity contribution < 1.29 is 13.2 Å². The smallest absolute Gasteiger partial charge is 0.238 e. The molecule has 0 aliphatic heterocycles. The van der Waals surface area contributed by atoms with Crippen LogP contribution in [0, 0.1) is 0 Å². The second-order valence-corrected chi connectivity index (χ2v) is 8.85. The van der Waals surface area contributed by atoms with E-state index in [2.05, 4.69) is 12.2 Å². The normalized spacial score (nSPS) is 13.0. The molecule has 0 aliphatic rings. The lowest BCUT2D eigenvalue weighted by Crippen LogP contribution is -2.46. The summed E-state index contributed by atoms with van der Waals surface area (Å²) in [5, 5.41) is 2.35. The van der Waals surface area contributed by atoms with Gasteiger partial charge in [-0.25, -0.2) is 8.42 Å². The standard InChI is InChI=1S/C19H32N2O3S/c1-4-8-17(9-5-2)25(23,24)14-18(20)19(22)21-13-16-11-7-10-15(6-3)12-16/h7,10-12,17-18H,4-6,8-9,13-14,20H2,1-3H3,(H,21,22)/t18-/m0/s1. The average Bonchev–Trinajstić information content (AvgIpc) is 2.59. The number of hydrogen-bond donors (Lipinski definition) is 2.